The fourth-order valence-corrected chi connectivity index (χ4v) is 12.2. The quantitative estimate of drug-likeness (QED) is 0.514. The zero-order valence-electron chi connectivity index (χ0n) is 11.2. The first-order chi connectivity index (χ1) is 7.07. The molecule has 0 amide bonds. The van der Waals surface area contributed by atoms with Crippen LogP contribution in [-0.2, 0) is 0 Å². The molecule has 0 spiro atoms. The van der Waals surface area contributed by atoms with Gasteiger partial charge in [0.05, 0.1) is 0 Å². The van der Waals surface area contributed by atoms with Gasteiger partial charge in [0.15, 0.2) is 0 Å². The van der Waals surface area contributed by atoms with E-state index < -0.39 is 16.1 Å². The van der Waals surface area contributed by atoms with Crippen LogP contribution >= 0.6 is 23.2 Å². The number of halogens is 2. The highest BCUT2D eigenvalue weighted by Gasteiger charge is 2.69. The third-order valence-electron chi connectivity index (χ3n) is 4.41. The summed E-state index contributed by atoms with van der Waals surface area (Å²) in [7, 11) is -2.13. The number of rotatable bonds is 3. The average molecular weight is 295 g/mol. The maximum absolute atomic E-state index is 6.51. The molecule has 0 heterocycles. The highest BCUT2D eigenvalue weighted by molar-refractivity contribution is 6.80. The first-order valence-electron chi connectivity index (χ1n) is 6.35. The van der Waals surface area contributed by atoms with Gasteiger partial charge in [-0.25, -0.2) is 0 Å². The molecule has 2 fully saturated rings. The van der Waals surface area contributed by atoms with Gasteiger partial charge in [-0.1, -0.05) is 39.3 Å². The van der Waals surface area contributed by atoms with E-state index >= 15 is 0 Å². The Bertz CT molecular complexity index is 262. The van der Waals surface area contributed by atoms with Gasteiger partial charge in [-0.3, -0.25) is 0 Å². The van der Waals surface area contributed by atoms with Gasteiger partial charge in [-0.15, -0.1) is 23.2 Å². The Kier molecular flexibility index (Phi) is 3.15. The molecular formula is C12H24Cl2Si2. The zero-order valence-corrected chi connectivity index (χ0v) is 14.7. The molecule has 4 heteroatoms. The summed E-state index contributed by atoms with van der Waals surface area (Å²) in [4.78, 5) is 0. The molecule has 2 rings (SSSR count). The van der Waals surface area contributed by atoms with Gasteiger partial charge in [-0.05, 0) is 22.9 Å². The highest BCUT2D eigenvalue weighted by Crippen LogP contribution is 2.71. The number of alkyl halides is 2. The minimum atomic E-state index is -1.07. The van der Waals surface area contributed by atoms with E-state index in [2.05, 4.69) is 39.3 Å². The third-order valence-corrected chi connectivity index (χ3v) is 11.4. The van der Waals surface area contributed by atoms with Gasteiger partial charge in [0.2, 0.25) is 0 Å². The molecule has 0 unspecified atom stereocenters. The molecular weight excluding hydrogens is 271 g/mol. The molecule has 2 saturated carbocycles. The predicted molar refractivity (Wildman–Crippen MR) is 80.5 cm³/mol. The smallest absolute Gasteiger partial charge is 0.0494 e. The molecule has 16 heavy (non-hydrogen) atoms. The molecule has 0 radical (unpaired) electrons. The SMILES string of the molecule is C[Si](C)(C)[C@@H]1[C@H](Cl)[C@H]1[C@@H]1[C@H](Cl)[C@@H]1[Si](C)(C)C. The van der Waals surface area contributed by atoms with Crippen LogP contribution in [0.2, 0.25) is 50.4 Å². The lowest BCUT2D eigenvalue weighted by atomic mass is 10.3. The van der Waals surface area contributed by atoms with Gasteiger partial charge in [-0.2, -0.15) is 0 Å². The van der Waals surface area contributed by atoms with Crippen LogP contribution in [0, 0.1) is 11.8 Å². The van der Waals surface area contributed by atoms with Gasteiger partial charge in [0, 0.05) is 26.9 Å². The number of hydrogen-bond acceptors (Lipinski definition) is 0. The Morgan fingerprint density at radius 3 is 1.00 bits per heavy atom. The first-order valence-corrected chi connectivity index (χ1v) is 14.4. The Balaban J connectivity index is 2.04. The minimum Gasteiger partial charge on any atom is -0.123 e. The van der Waals surface area contributed by atoms with Crippen LogP contribution in [-0.4, -0.2) is 26.9 Å². The first kappa shape index (κ1) is 13.4. The Labute approximate surface area is 112 Å². The topological polar surface area (TPSA) is 0 Å². The van der Waals surface area contributed by atoms with Crippen LogP contribution in [0.4, 0.5) is 0 Å². The van der Waals surface area contributed by atoms with Crippen molar-refractivity contribution < 1.29 is 0 Å². The van der Waals surface area contributed by atoms with E-state index in [1.807, 2.05) is 0 Å². The second kappa shape index (κ2) is 3.75. The lowest BCUT2D eigenvalue weighted by molar-refractivity contribution is 0.709. The summed E-state index contributed by atoms with van der Waals surface area (Å²) in [5.41, 5.74) is 1.64. The number of hydrogen-bond donors (Lipinski definition) is 0. The molecule has 0 N–H and O–H groups in total. The Hall–Kier alpha value is 1.01. The predicted octanol–water partition coefficient (Wildman–Crippen LogP) is 4.88. The van der Waals surface area contributed by atoms with Crippen LogP contribution in [0.1, 0.15) is 0 Å². The molecule has 0 aliphatic heterocycles. The molecule has 0 aromatic heterocycles. The van der Waals surface area contributed by atoms with E-state index in [4.69, 9.17) is 23.2 Å². The normalized spacial score (nSPS) is 48.0. The minimum absolute atomic E-state index is 0.444. The van der Waals surface area contributed by atoms with Crippen molar-refractivity contribution in [3.05, 3.63) is 0 Å². The fraction of sp³-hybridized carbons (Fsp3) is 1.00. The molecule has 0 nitrogen and oxygen atoms in total. The summed E-state index contributed by atoms with van der Waals surface area (Å²) in [6, 6.07) is 0. The molecule has 2 aliphatic carbocycles. The van der Waals surface area contributed by atoms with Crippen molar-refractivity contribution in [1.29, 1.82) is 0 Å². The van der Waals surface area contributed by atoms with Crippen LogP contribution in [0.25, 0.3) is 0 Å². The van der Waals surface area contributed by atoms with Crippen LogP contribution in [0.3, 0.4) is 0 Å². The van der Waals surface area contributed by atoms with Gasteiger partial charge in [0.25, 0.3) is 0 Å². The van der Waals surface area contributed by atoms with E-state index in [0.717, 1.165) is 22.9 Å². The van der Waals surface area contributed by atoms with Crippen molar-refractivity contribution in [3.63, 3.8) is 0 Å². The van der Waals surface area contributed by atoms with Crippen molar-refractivity contribution in [2.45, 2.75) is 61.1 Å². The standard InChI is InChI=1S/C12H24Cl2Si2/c1-15(2,3)11-7(9(11)13)8-10(14)12(8)16(4,5)6/h7-12H,1-6H3/t7-,8-,9-,10+,11+,12-/m1/s1. The third kappa shape index (κ3) is 2.15. The average Bonchev–Trinajstić information content (AvgIpc) is 2.83. The Morgan fingerprint density at radius 1 is 0.625 bits per heavy atom. The Morgan fingerprint density at radius 2 is 0.875 bits per heavy atom. The second-order valence-electron chi connectivity index (χ2n) is 7.83. The summed E-state index contributed by atoms with van der Waals surface area (Å²) >= 11 is 13.0. The highest BCUT2D eigenvalue weighted by atomic mass is 35.5. The molecule has 2 aliphatic rings. The van der Waals surface area contributed by atoms with E-state index in [-0.39, 0.29) is 0 Å². The van der Waals surface area contributed by atoms with E-state index in [1.165, 1.54) is 0 Å². The molecule has 0 aromatic carbocycles. The van der Waals surface area contributed by atoms with Crippen molar-refractivity contribution in [1.82, 2.24) is 0 Å². The molecule has 0 aromatic rings. The van der Waals surface area contributed by atoms with E-state index in [9.17, 15) is 0 Å². The van der Waals surface area contributed by atoms with E-state index in [1.54, 1.807) is 0 Å². The summed E-state index contributed by atoms with van der Waals surface area (Å²) in [6.45, 7) is 14.7. The zero-order chi connectivity index (χ0) is 12.5. The van der Waals surface area contributed by atoms with Crippen molar-refractivity contribution in [3.8, 4) is 0 Å². The van der Waals surface area contributed by atoms with E-state index in [0.29, 0.717) is 10.8 Å². The summed E-state index contributed by atoms with van der Waals surface area (Å²) < 4.78 is 0. The second-order valence-corrected chi connectivity index (χ2v) is 19.6. The lowest BCUT2D eigenvalue weighted by Crippen LogP contribution is -2.23. The summed E-state index contributed by atoms with van der Waals surface area (Å²) in [5, 5.41) is 0.888. The molecule has 0 saturated heterocycles. The van der Waals surface area contributed by atoms with Crippen LogP contribution in [0.5, 0.6) is 0 Å². The molecule has 6 atom stereocenters. The summed E-state index contributed by atoms with van der Waals surface area (Å²) in [6.07, 6.45) is 0. The van der Waals surface area contributed by atoms with Gasteiger partial charge < -0.3 is 0 Å². The maximum Gasteiger partial charge on any atom is 0.0494 e. The largest absolute Gasteiger partial charge is 0.123 e. The van der Waals surface area contributed by atoms with Crippen molar-refractivity contribution in [2.24, 2.45) is 11.8 Å². The summed E-state index contributed by atoms with van der Waals surface area (Å²) in [5.74, 6) is 1.51. The van der Waals surface area contributed by atoms with Crippen molar-refractivity contribution >= 4 is 39.3 Å². The maximum atomic E-state index is 6.51. The van der Waals surface area contributed by atoms with Gasteiger partial charge in [0.1, 0.15) is 0 Å². The fourth-order valence-electron chi connectivity index (χ4n) is 3.60. The van der Waals surface area contributed by atoms with Crippen molar-refractivity contribution in [2.75, 3.05) is 0 Å². The lowest BCUT2D eigenvalue weighted by Gasteiger charge is -2.17. The molecule has 0 bridgehead atoms. The molecule has 94 valence electrons. The van der Waals surface area contributed by atoms with Crippen LogP contribution < -0.4 is 0 Å². The van der Waals surface area contributed by atoms with Gasteiger partial charge >= 0.3 is 0 Å². The monoisotopic (exact) mass is 294 g/mol. The van der Waals surface area contributed by atoms with Crippen LogP contribution in [0.15, 0.2) is 0 Å².